The predicted molar refractivity (Wildman–Crippen MR) is 60.5 cm³/mol. The Labute approximate surface area is 92.8 Å². The second kappa shape index (κ2) is 8.72. The van der Waals surface area contributed by atoms with Crippen LogP contribution in [0.1, 0.15) is 46.5 Å². The molecule has 1 N–H and O–H groups in total. The van der Waals surface area contributed by atoms with Crippen molar-refractivity contribution >= 4 is 5.97 Å². The molecule has 90 valence electrons. The van der Waals surface area contributed by atoms with Crippen LogP contribution >= 0.6 is 0 Å². The van der Waals surface area contributed by atoms with E-state index in [4.69, 9.17) is 9.84 Å². The Balaban J connectivity index is 3.33. The summed E-state index contributed by atoms with van der Waals surface area (Å²) in [6, 6.07) is 0. The molecule has 0 amide bonds. The lowest BCUT2D eigenvalue weighted by Crippen LogP contribution is -2.06. The molecule has 0 fully saturated rings. The van der Waals surface area contributed by atoms with Crippen LogP contribution in [0.15, 0.2) is 0 Å². The highest BCUT2D eigenvalue weighted by molar-refractivity contribution is 5.65. The van der Waals surface area contributed by atoms with Crippen LogP contribution in [0.25, 0.3) is 0 Å². The second-order valence-corrected chi connectivity index (χ2v) is 4.45. The van der Waals surface area contributed by atoms with Gasteiger partial charge in [0.25, 0.3) is 0 Å². The molecular formula is C12H24O3. The largest absolute Gasteiger partial charge is 0.466 e. The quantitative estimate of drug-likeness (QED) is 0.634. The first-order chi connectivity index (χ1) is 7.06. The molecule has 3 heteroatoms. The van der Waals surface area contributed by atoms with E-state index in [1.807, 2.05) is 0 Å². The normalized spacial score (nSPS) is 14.7. The van der Waals surface area contributed by atoms with Crippen molar-refractivity contribution in [2.75, 3.05) is 13.2 Å². The predicted octanol–water partition coefficient (Wildman–Crippen LogP) is 2.37. The minimum atomic E-state index is -0.198. The average Bonchev–Trinajstić information content (AvgIpc) is 2.17. The lowest BCUT2D eigenvalue weighted by atomic mass is 9.97. The second-order valence-electron chi connectivity index (χ2n) is 4.45. The Morgan fingerprint density at radius 2 is 1.80 bits per heavy atom. The van der Waals surface area contributed by atoms with Gasteiger partial charge in [-0.15, -0.1) is 0 Å². The standard InChI is InChI=1S/C12H24O3/c1-10(7-8-15-12(3)14)5-4-6-11(2)9-13/h10-11,13H,4-9H2,1-3H3/t10-,11+/m1/s1. The van der Waals surface area contributed by atoms with Gasteiger partial charge in [-0.1, -0.05) is 26.7 Å². The van der Waals surface area contributed by atoms with Gasteiger partial charge in [0.05, 0.1) is 6.61 Å². The third kappa shape index (κ3) is 9.73. The monoisotopic (exact) mass is 216 g/mol. The highest BCUT2D eigenvalue weighted by Crippen LogP contribution is 2.15. The van der Waals surface area contributed by atoms with E-state index in [0.29, 0.717) is 18.4 Å². The van der Waals surface area contributed by atoms with Crippen molar-refractivity contribution < 1.29 is 14.6 Å². The number of aliphatic hydroxyl groups excluding tert-OH is 1. The van der Waals surface area contributed by atoms with Crippen LogP contribution in [-0.4, -0.2) is 24.3 Å². The molecule has 0 saturated carbocycles. The maximum atomic E-state index is 10.5. The summed E-state index contributed by atoms with van der Waals surface area (Å²) < 4.78 is 4.88. The van der Waals surface area contributed by atoms with E-state index < -0.39 is 0 Å². The zero-order valence-electron chi connectivity index (χ0n) is 10.2. The molecule has 0 heterocycles. The third-order valence-electron chi connectivity index (χ3n) is 2.62. The van der Waals surface area contributed by atoms with E-state index in [-0.39, 0.29) is 12.6 Å². The Kier molecular flexibility index (Phi) is 8.38. The minimum Gasteiger partial charge on any atom is -0.466 e. The third-order valence-corrected chi connectivity index (χ3v) is 2.62. The van der Waals surface area contributed by atoms with Crippen LogP contribution in [0.3, 0.4) is 0 Å². The zero-order valence-corrected chi connectivity index (χ0v) is 10.2. The Morgan fingerprint density at radius 1 is 1.20 bits per heavy atom. The van der Waals surface area contributed by atoms with E-state index in [9.17, 15) is 4.79 Å². The van der Waals surface area contributed by atoms with Gasteiger partial charge in [-0.3, -0.25) is 4.79 Å². The molecule has 0 radical (unpaired) electrons. The van der Waals surface area contributed by atoms with Crippen molar-refractivity contribution in [2.45, 2.75) is 46.5 Å². The summed E-state index contributed by atoms with van der Waals surface area (Å²) in [5, 5.41) is 8.85. The summed E-state index contributed by atoms with van der Waals surface area (Å²) in [5.74, 6) is 0.803. The molecule has 0 spiro atoms. The fourth-order valence-electron chi connectivity index (χ4n) is 1.45. The number of carbonyl (C=O) groups is 1. The maximum absolute atomic E-state index is 10.5. The van der Waals surface area contributed by atoms with Gasteiger partial charge in [0.15, 0.2) is 0 Å². The number of esters is 1. The Bertz CT molecular complexity index is 168. The molecular weight excluding hydrogens is 192 g/mol. The summed E-state index contributed by atoms with van der Waals surface area (Å²) in [6.45, 7) is 6.48. The molecule has 0 bridgehead atoms. The molecule has 0 aromatic rings. The molecule has 0 aliphatic heterocycles. The topological polar surface area (TPSA) is 46.5 Å². The van der Waals surface area contributed by atoms with Crippen LogP contribution in [0.2, 0.25) is 0 Å². The fourth-order valence-corrected chi connectivity index (χ4v) is 1.45. The van der Waals surface area contributed by atoms with Gasteiger partial charge in [0.1, 0.15) is 0 Å². The highest BCUT2D eigenvalue weighted by Gasteiger charge is 2.05. The van der Waals surface area contributed by atoms with Gasteiger partial charge in [-0.2, -0.15) is 0 Å². The van der Waals surface area contributed by atoms with Gasteiger partial charge in [-0.25, -0.2) is 0 Å². The van der Waals surface area contributed by atoms with Crippen molar-refractivity contribution in [3.8, 4) is 0 Å². The maximum Gasteiger partial charge on any atom is 0.302 e. The van der Waals surface area contributed by atoms with Gasteiger partial charge in [0, 0.05) is 13.5 Å². The van der Waals surface area contributed by atoms with Gasteiger partial charge in [0.2, 0.25) is 0 Å². The molecule has 0 unspecified atom stereocenters. The zero-order chi connectivity index (χ0) is 11.7. The summed E-state index contributed by atoms with van der Waals surface area (Å²) in [7, 11) is 0. The van der Waals surface area contributed by atoms with Crippen molar-refractivity contribution in [1.82, 2.24) is 0 Å². The molecule has 0 aromatic carbocycles. The van der Waals surface area contributed by atoms with Crippen LogP contribution in [0.4, 0.5) is 0 Å². The smallest absolute Gasteiger partial charge is 0.302 e. The van der Waals surface area contributed by atoms with Crippen LogP contribution in [0.5, 0.6) is 0 Å². The van der Waals surface area contributed by atoms with E-state index in [2.05, 4.69) is 13.8 Å². The van der Waals surface area contributed by atoms with Gasteiger partial charge >= 0.3 is 5.97 Å². The number of hydrogen-bond donors (Lipinski definition) is 1. The number of hydrogen-bond acceptors (Lipinski definition) is 3. The van der Waals surface area contributed by atoms with Crippen molar-refractivity contribution in [2.24, 2.45) is 11.8 Å². The number of ether oxygens (including phenoxy) is 1. The first-order valence-electron chi connectivity index (χ1n) is 5.80. The van der Waals surface area contributed by atoms with Crippen LogP contribution in [0, 0.1) is 11.8 Å². The Morgan fingerprint density at radius 3 is 2.33 bits per heavy atom. The number of aliphatic hydroxyl groups is 1. The summed E-state index contributed by atoms with van der Waals surface area (Å²) in [4.78, 5) is 10.5. The highest BCUT2D eigenvalue weighted by atomic mass is 16.5. The van der Waals surface area contributed by atoms with E-state index in [1.54, 1.807) is 0 Å². The molecule has 2 atom stereocenters. The van der Waals surface area contributed by atoms with E-state index >= 15 is 0 Å². The molecule has 3 nitrogen and oxygen atoms in total. The Hall–Kier alpha value is -0.570. The van der Waals surface area contributed by atoms with Crippen LogP contribution in [-0.2, 0) is 9.53 Å². The lowest BCUT2D eigenvalue weighted by Gasteiger charge is -2.12. The van der Waals surface area contributed by atoms with Crippen molar-refractivity contribution in [3.05, 3.63) is 0 Å². The number of carbonyl (C=O) groups excluding carboxylic acids is 1. The van der Waals surface area contributed by atoms with Gasteiger partial charge in [-0.05, 0) is 24.7 Å². The first kappa shape index (κ1) is 14.4. The van der Waals surface area contributed by atoms with Crippen molar-refractivity contribution in [1.29, 1.82) is 0 Å². The molecule has 0 aliphatic rings. The molecule has 0 aromatic heterocycles. The molecule has 0 saturated heterocycles. The molecule has 15 heavy (non-hydrogen) atoms. The molecule has 0 aliphatic carbocycles. The number of rotatable bonds is 8. The first-order valence-corrected chi connectivity index (χ1v) is 5.80. The average molecular weight is 216 g/mol. The lowest BCUT2D eigenvalue weighted by molar-refractivity contribution is -0.141. The minimum absolute atomic E-state index is 0.198. The SMILES string of the molecule is CC(=O)OCC[C@H](C)CCC[C@H](C)CO. The fraction of sp³-hybridized carbons (Fsp3) is 0.917. The van der Waals surface area contributed by atoms with Crippen molar-refractivity contribution in [3.63, 3.8) is 0 Å². The van der Waals surface area contributed by atoms with E-state index in [0.717, 1.165) is 25.7 Å². The summed E-state index contributed by atoms with van der Waals surface area (Å²) >= 11 is 0. The van der Waals surface area contributed by atoms with Crippen LogP contribution < -0.4 is 0 Å². The summed E-state index contributed by atoms with van der Waals surface area (Å²) in [6.07, 6.45) is 4.30. The summed E-state index contributed by atoms with van der Waals surface area (Å²) in [5.41, 5.74) is 0. The van der Waals surface area contributed by atoms with E-state index in [1.165, 1.54) is 6.92 Å². The molecule has 0 rings (SSSR count). The van der Waals surface area contributed by atoms with Gasteiger partial charge < -0.3 is 9.84 Å².